The lowest BCUT2D eigenvalue weighted by atomic mass is 9.44. The summed E-state index contributed by atoms with van der Waals surface area (Å²) in [5.74, 6) is 2.10. The number of hydrogen-bond donors (Lipinski definition) is 3. The van der Waals surface area contributed by atoms with Crippen LogP contribution in [0, 0.1) is 34.5 Å². The molecule has 0 amide bonds. The monoisotopic (exact) mass is 364 g/mol. The Morgan fingerprint density at radius 1 is 1.08 bits per heavy atom. The van der Waals surface area contributed by atoms with Crippen LogP contribution in [0.1, 0.15) is 65.2 Å². The highest BCUT2D eigenvalue weighted by molar-refractivity contribution is 5.85. The van der Waals surface area contributed by atoms with Crippen LogP contribution in [0.3, 0.4) is 0 Å². The molecular formula is C21H36N2O3. The maximum absolute atomic E-state index is 11.1. The zero-order valence-electron chi connectivity index (χ0n) is 16.4. The van der Waals surface area contributed by atoms with Crippen LogP contribution in [0.5, 0.6) is 0 Å². The van der Waals surface area contributed by atoms with Gasteiger partial charge in [-0.25, -0.2) is 0 Å². The van der Waals surface area contributed by atoms with Crippen molar-refractivity contribution in [3.8, 4) is 0 Å². The highest BCUT2D eigenvalue weighted by atomic mass is 16.6. The predicted molar refractivity (Wildman–Crippen MR) is 102 cm³/mol. The van der Waals surface area contributed by atoms with Crippen molar-refractivity contribution in [2.45, 2.75) is 77.4 Å². The minimum atomic E-state index is -0.263. The Bertz CT molecular complexity index is 567. The van der Waals surface area contributed by atoms with Gasteiger partial charge in [0.2, 0.25) is 0 Å². The second-order valence-corrected chi connectivity index (χ2v) is 9.91. The molecule has 0 aromatic rings. The zero-order valence-corrected chi connectivity index (χ0v) is 16.4. The van der Waals surface area contributed by atoms with Gasteiger partial charge in [-0.1, -0.05) is 19.0 Å². The highest BCUT2D eigenvalue weighted by Crippen LogP contribution is 2.65. The fraction of sp³-hybridized carbons (Fsp3) is 0.952. The molecule has 0 spiro atoms. The molecule has 5 nitrogen and oxygen atoms in total. The van der Waals surface area contributed by atoms with Gasteiger partial charge in [0.05, 0.1) is 17.9 Å². The van der Waals surface area contributed by atoms with E-state index in [1.165, 1.54) is 6.42 Å². The molecule has 4 N–H and O–H groups in total. The van der Waals surface area contributed by atoms with E-state index in [9.17, 15) is 10.2 Å². The predicted octanol–water partition coefficient (Wildman–Crippen LogP) is 2.69. The molecule has 4 rings (SSSR count). The standard InChI is InChI=1S/C21H36N2O3/c1-20-7-5-13(23-26-10-9-22)11-17(20)18(24)12-14-15-3-4-19(25)21(15,2)8-6-16(14)20/h14-19,24-25H,3-12,22H2,1-2H3/t14?,15-,16?,17+,18+,19?,20+,21-/m0/s1. The van der Waals surface area contributed by atoms with Crippen molar-refractivity contribution < 1.29 is 15.1 Å². The first-order chi connectivity index (χ1) is 12.4. The van der Waals surface area contributed by atoms with Crippen molar-refractivity contribution >= 4 is 5.71 Å². The largest absolute Gasteiger partial charge is 0.395 e. The lowest BCUT2D eigenvalue weighted by Crippen LogP contribution is -2.58. The van der Waals surface area contributed by atoms with E-state index in [2.05, 4.69) is 19.0 Å². The second kappa shape index (κ2) is 6.75. The number of aliphatic hydroxyl groups excluding tert-OH is 2. The average molecular weight is 365 g/mol. The first-order valence-corrected chi connectivity index (χ1v) is 10.6. The van der Waals surface area contributed by atoms with E-state index in [1.807, 2.05) is 0 Å². The smallest absolute Gasteiger partial charge is 0.129 e. The van der Waals surface area contributed by atoms with Gasteiger partial charge in [0.1, 0.15) is 6.61 Å². The van der Waals surface area contributed by atoms with Gasteiger partial charge in [-0.15, -0.1) is 0 Å². The van der Waals surface area contributed by atoms with Crippen molar-refractivity contribution in [1.82, 2.24) is 0 Å². The van der Waals surface area contributed by atoms with E-state index in [0.717, 1.165) is 50.7 Å². The van der Waals surface area contributed by atoms with Gasteiger partial charge < -0.3 is 20.8 Å². The average Bonchev–Trinajstić information content (AvgIpc) is 2.92. The van der Waals surface area contributed by atoms with E-state index in [4.69, 9.17) is 10.6 Å². The summed E-state index contributed by atoms with van der Waals surface area (Å²) < 4.78 is 0. The van der Waals surface area contributed by atoms with Gasteiger partial charge in [-0.2, -0.15) is 0 Å². The molecular weight excluding hydrogens is 328 g/mol. The third kappa shape index (κ3) is 2.73. The summed E-state index contributed by atoms with van der Waals surface area (Å²) in [4.78, 5) is 5.31. The minimum Gasteiger partial charge on any atom is -0.395 e. The molecule has 4 aliphatic rings. The number of nitrogens with zero attached hydrogens (tertiary/aromatic N) is 1. The molecule has 4 fully saturated rings. The number of aliphatic hydroxyl groups is 2. The van der Waals surface area contributed by atoms with Crippen LogP contribution in [-0.2, 0) is 4.84 Å². The Kier molecular flexibility index (Phi) is 4.85. The van der Waals surface area contributed by atoms with Crippen molar-refractivity contribution in [2.75, 3.05) is 13.2 Å². The Hall–Kier alpha value is -0.650. The summed E-state index contributed by atoms with van der Waals surface area (Å²) in [6, 6.07) is 0. The Balaban J connectivity index is 1.55. The second-order valence-electron chi connectivity index (χ2n) is 9.91. The normalized spacial score (nSPS) is 52.3. The summed E-state index contributed by atoms with van der Waals surface area (Å²) in [7, 11) is 0. The maximum atomic E-state index is 11.1. The molecule has 4 aliphatic carbocycles. The summed E-state index contributed by atoms with van der Waals surface area (Å²) in [6.07, 6.45) is 7.81. The maximum Gasteiger partial charge on any atom is 0.129 e. The summed E-state index contributed by atoms with van der Waals surface area (Å²) in [6.45, 7) is 5.66. The lowest BCUT2D eigenvalue weighted by molar-refractivity contribution is -0.153. The number of fused-ring (bicyclic) bond motifs is 5. The van der Waals surface area contributed by atoms with Crippen molar-refractivity contribution in [1.29, 1.82) is 0 Å². The molecule has 4 saturated carbocycles. The molecule has 0 aromatic carbocycles. The molecule has 0 bridgehead atoms. The van der Waals surface area contributed by atoms with Crippen LogP contribution >= 0.6 is 0 Å². The van der Waals surface area contributed by atoms with Gasteiger partial charge in [0, 0.05) is 6.54 Å². The molecule has 26 heavy (non-hydrogen) atoms. The minimum absolute atomic E-state index is 0.0709. The number of oxime groups is 1. The third-order valence-corrected chi connectivity index (χ3v) is 8.87. The van der Waals surface area contributed by atoms with Gasteiger partial charge >= 0.3 is 0 Å². The van der Waals surface area contributed by atoms with E-state index in [-0.39, 0.29) is 29.0 Å². The van der Waals surface area contributed by atoms with E-state index in [0.29, 0.717) is 30.9 Å². The molecule has 0 radical (unpaired) electrons. The quantitative estimate of drug-likeness (QED) is 0.531. The first kappa shape index (κ1) is 18.7. The number of nitrogens with two attached hydrogens (primary N) is 1. The van der Waals surface area contributed by atoms with Crippen molar-refractivity contribution in [2.24, 2.45) is 45.4 Å². The zero-order chi connectivity index (χ0) is 18.5. The topological polar surface area (TPSA) is 88.1 Å². The SMILES string of the molecule is C[C@]12CCC(=NOCCN)C[C@@H]1[C@H](O)CC1C2CC[C@]2(C)C(O)CC[C@@H]12. The van der Waals surface area contributed by atoms with Crippen LogP contribution in [0.25, 0.3) is 0 Å². The molecule has 0 saturated heterocycles. The molecule has 0 aliphatic heterocycles. The molecule has 0 aromatic heterocycles. The number of rotatable bonds is 3. The van der Waals surface area contributed by atoms with E-state index >= 15 is 0 Å². The molecule has 3 unspecified atom stereocenters. The van der Waals surface area contributed by atoms with E-state index in [1.54, 1.807) is 0 Å². The van der Waals surface area contributed by atoms with Crippen LogP contribution in [0.4, 0.5) is 0 Å². The molecule has 8 atom stereocenters. The summed E-state index contributed by atoms with van der Waals surface area (Å²) in [5, 5.41) is 26.0. The van der Waals surface area contributed by atoms with Crippen LogP contribution in [0.15, 0.2) is 5.16 Å². The summed E-state index contributed by atoms with van der Waals surface area (Å²) >= 11 is 0. The van der Waals surface area contributed by atoms with Gasteiger partial charge in [0.25, 0.3) is 0 Å². The Morgan fingerprint density at radius 2 is 1.85 bits per heavy atom. The van der Waals surface area contributed by atoms with Crippen LogP contribution in [0.2, 0.25) is 0 Å². The molecule has 0 heterocycles. The van der Waals surface area contributed by atoms with Crippen molar-refractivity contribution in [3.05, 3.63) is 0 Å². The molecule has 148 valence electrons. The lowest BCUT2D eigenvalue weighted by Gasteiger charge is -2.61. The molecule has 5 heteroatoms. The van der Waals surface area contributed by atoms with Crippen LogP contribution < -0.4 is 5.73 Å². The van der Waals surface area contributed by atoms with Gasteiger partial charge in [-0.05, 0) is 85.9 Å². The Labute approximate surface area is 157 Å². The van der Waals surface area contributed by atoms with E-state index < -0.39 is 0 Å². The van der Waals surface area contributed by atoms with Gasteiger partial charge in [0.15, 0.2) is 0 Å². The van der Waals surface area contributed by atoms with Gasteiger partial charge in [-0.3, -0.25) is 0 Å². The number of hydrogen-bond acceptors (Lipinski definition) is 5. The Morgan fingerprint density at radius 3 is 2.62 bits per heavy atom. The highest BCUT2D eigenvalue weighted by Gasteiger charge is 2.61. The summed E-state index contributed by atoms with van der Waals surface area (Å²) in [5.41, 5.74) is 6.83. The fourth-order valence-corrected chi connectivity index (χ4v) is 7.35. The van der Waals surface area contributed by atoms with Crippen molar-refractivity contribution in [3.63, 3.8) is 0 Å². The first-order valence-electron chi connectivity index (χ1n) is 10.6. The third-order valence-electron chi connectivity index (χ3n) is 8.87. The van der Waals surface area contributed by atoms with Crippen LogP contribution in [-0.4, -0.2) is 41.3 Å². The fourth-order valence-electron chi connectivity index (χ4n) is 7.35.